The fourth-order valence-corrected chi connectivity index (χ4v) is 1.54. The Hall–Kier alpha value is -1.35. The highest BCUT2D eigenvalue weighted by Gasteiger charge is 2.10. The van der Waals surface area contributed by atoms with Crippen molar-refractivity contribution in [1.29, 1.82) is 0 Å². The molecule has 0 N–H and O–H groups in total. The number of hydrogen-bond acceptors (Lipinski definition) is 3. The average molecular weight is 223 g/mol. The number of hydrogen-bond donors (Lipinski definition) is 0. The van der Waals surface area contributed by atoms with Crippen molar-refractivity contribution < 1.29 is 4.52 Å². The first-order valence-corrected chi connectivity index (χ1v) is 5.26. The second kappa shape index (κ2) is 4.45. The predicted molar refractivity (Wildman–Crippen MR) is 58.7 cm³/mol. The van der Waals surface area contributed by atoms with Crippen molar-refractivity contribution in [2.45, 2.75) is 19.8 Å². The van der Waals surface area contributed by atoms with Crippen LogP contribution >= 0.6 is 11.6 Å². The Morgan fingerprint density at radius 2 is 2.13 bits per heavy atom. The normalized spacial score (nSPS) is 10.5. The minimum atomic E-state index is 0.490. The number of rotatable bonds is 3. The molecule has 78 valence electrons. The fourth-order valence-electron chi connectivity index (χ4n) is 1.32. The van der Waals surface area contributed by atoms with E-state index in [1.165, 1.54) is 0 Å². The molecule has 1 heterocycles. The summed E-state index contributed by atoms with van der Waals surface area (Å²) in [6, 6.07) is 7.44. The van der Waals surface area contributed by atoms with Gasteiger partial charge in [-0.25, -0.2) is 0 Å². The highest BCUT2D eigenvalue weighted by atomic mass is 35.5. The third kappa shape index (κ3) is 2.18. The number of aromatic nitrogens is 2. The van der Waals surface area contributed by atoms with Gasteiger partial charge in [0.05, 0.1) is 10.6 Å². The van der Waals surface area contributed by atoms with Crippen molar-refractivity contribution in [1.82, 2.24) is 10.1 Å². The van der Waals surface area contributed by atoms with Gasteiger partial charge in [-0.15, -0.1) is 0 Å². The van der Waals surface area contributed by atoms with Crippen LogP contribution in [0.3, 0.4) is 0 Å². The monoisotopic (exact) mass is 222 g/mol. The zero-order chi connectivity index (χ0) is 10.7. The second-order valence-corrected chi connectivity index (χ2v) is 3.65. The Balaban J connectivity index is 2.33. The van der Waals surface area contributed by atoms with Gasteiger partial charge in [0, 0.05) is 6.42 Å². The van der Waals surface area contributed by atoms with E-state index in [1.807, 2.05) is 18.2 Å². The fraction of sp³-hybridized carbons (Fsp3) is 0.273. The lowest BCUT2D eigenvalue weighted by Gasteiger charge is -1.95. The standard InChI is InChI=1S/C11H11ClN2O/c1-2-5-10-13-11(15-14-10)8-6-3-4-7-9(8)12/h3-4,6-7H,2,5H2,1H3. The summed E-state index contributed by atoms with van der Waals surface area (Å²) < 4.78 is 5.14. The molecule has 1 aromatic carbocycles. The summed E-state index contributed by atoms with van der Waals surface area (Å²) in [5.74, 6) is 1.22. The molecular weight excluding hydrogens is 212 g/mol. The van der Waals surface area contributed by atoms with E-state index in [-0.39, 0.29) is 0 Å². The molecule has 4 heteroatoms. The molecule has 0 spiro atoms. The van der Waals surface area contributed by atoms with E-state index in [1.54, 1.807) is 6.07 Å². The van der Waals surface area contributed by atoms with E-state index < -0.39 is 0 Å². The molecule has 0 aliphatic rings. The van der Waals surface area contributed by atoms with Crippen LogP contribution in [0.25, 0.3) is 11.5 Å². The van der Waals surface area contributed by atoms with E-state index in [4.69, 9.17) is 16.1 Å². The summed E-state index contributed by atoms with van der Waals surface area (Å²) >= 11 is 6.02. The van der Waals surface area contributed by atoms with Gasteiger partial charge in [0.15, 0.2) is 5.82 Å². The van der Waals surface area contributed by atoms with E-state index in [2.05, 4.69) is 17.1 Å². The van der Waals surface area contributed by atoms with E-state index >= 15 is 0 Å². The first-order chi connectivity index (χ1) is 7.31. The smallest absolute Gasteiger partial charge is 0.259 e. The van der Waals surface area contributed by atoms with Crippen LogP contribution in [0.15, 0.2) is 28.8 Å². The van der Waals surface area contributed by atoms with Gasteiger partial charge in [0.2, 0.25) is 0 Å². The van der Waals surface area contributed by atoms with Crippen LogP contribution in [-0.2, 0) is 6.42 Å². The molecule has 2 aromatic rings. The highest BCUT2D eigenvalue weighted by molar-refractivity contribution is 6.33. The van der Waals surface area contributed by atoms with Crippen LogP contribution in [0, 0.1) is 0 Å². The Labute approximate surface area is 93.1 Å². The van der Waals surface area contributed by atoms with Crippen LogP contribution in [-0.4, -0.2) is 10.1 Å². The summed E-state index contributed by atoms with van der Waals surface area (Å²) in [7, 11) is 0. The number of aryl methyl sites for hydroxylation is 1. The van der Waals surface area contributed by atoms with Gasteiger partial charge in [-0.1, -0.05) is 35.8 Å². The highest BCUT2D eigenvalue weighted by Crippen LogP contribution is 2.25. The quantitative estimate of drug-likeness (QED) is 0.800. The molecule has 2 rings (SSSR count). The zero-order valence-electron chi connectivity index (χ0n) is 8.40. The lowest BCUT2D eigenvalue weighted by Crippen LogP contribution is -1.85. The van der Waals surface area contributed by atoms with Gasteiger partial charge >= 0.3 is 0 Å². The molecule has 0 saturated heterocycles. The second-order valence-electron chi connectivity index (χ2n) is 3.25. The average Bonchev–Trinajstić information content (AvgIpc) is 2.68. The lowest BCUT2D eigenvalue weighted by molar-refractivity contribution is 0.422. The number of halogens is 1. The van der Waals surface area contributed by atoms with Crippen molar-refractivity contribution in [2.75, 3.05) is 0 Å². The summed E-state index contributed by atoms with van der Waals surface area (Å²) in [5.41, 5.74) is 0.786. The van der Waals surface area contributed by atoms with Gasteiger partial charge in [0.25, 0.3) is 5.89 Å². The molecule has 0 aliphatic heterocycles. The van der Waals surface area contributed by atoms with E-state index in [0.29, 0.717) is 10.9 Å². The summed E-state index contributed by atoms with van der Waals surface area (Å²) in [6.45, 7) is 2.07. The molecule has 0 amide bonds. The molecule has 0 bridgehead atoms. The number of nitrogens with zero attached hydrogens (tertiary/aromatic N) is 2. The molecule has 3 nitrogen and oxygen atoms in total. The molecule has 0 saturated carbocycles. The van der Waals surface area contributed by atoms with E-state index in [9.17, 15) is 0 Å². The van der Waals surface area contributed by atoms with Crippen LogP contribution in [0.1, 0.15) is 19.2 Å². The third-order valence-corrected chi connectivity index (χ3v) is 2.38. The summed E-state index contributed by atoms with van der Waals surface area (Å²) in [6.07, 6.45) is 1.83. The van der Waals surface area contributed by atoms with E-state index in [0.717, 1.165) is 24.2 Å². The SMILES string of the molecule is CCCc1noc(-c2ccccc2Cl)n1. The minimum absolute atomic E-state index is 0.490. The first-order valence-electron chi connectivity index (χ1n) is 4.88. The van der Waals surface area contributed by atoms with Gasteiger partial charge in [-0.3, -0.25) is 0 Å². The summed E-state index contributed by atoms with van der Waals surface area (Å²) in [5, 5.41) is 4.51. The predicted octanol–water partition coefficient (Wildman–Crippen LogP) is 3.34. The van der Waals surface area contributed by atoms with Crippen molar-refractivity contribution >= 4 is 11.6 Å². The Morgan fingerprint density at radius 1 is 1.33 bits per heavy atom. The zero-order valence-corrected chi connectivity index (χ0v) is 9.16. The Kier molecular flexibility index (Phi) is 3.02. The molecular formula is C11H11ClN2O. The molecule has 0 fully saturated rings. The molecule has 1 aromatic heterocycles. The molecule has 0 atom stereocenters. The van der Waals surface area contributed by atoms with Crippen LogP contribution < -0.4 is 0 Å². The minimum Gasteiger partial charge on any atom is -0.334 e. The number of benzene rings is 1. The lowest BCUT2D eigenvalue weighted by atomic mass is 10.2. The molecule has 0 unspecified atom stereocenters. The molecule has 0 aliphatic carbocycles. The van der Waals surface area contributed by atoms with Crippen molar-refractivity contribution in [2.24, 2.45) is 0 Å². The largest absolute Gasteiger partial charge is 0.334 e. The molecule has 15 heavy (non-hydrogen) atoms. The van der Waals surface area contributed by atoms with Crippen molar-refractivity contribution in [3.05, 3.63) is 35.1 Å². The maximum atomic E-state index is 6.02. The van der Waals surface area contributed by atoms with Crippen LogP contribution in [0.4, 0.5) is 0 Å². The maximum absolute atomic E-state index is 6.02. The van der Waals surface area contributed by atoms with Gasteiger partial charge in [-0.2, -0.15) is 4.98 Å². The van der Waals surface area contributed by atoms with Crippen LogP contribution in [0.5, 0.6) is 0 Å². The summed E-state index contributed by atoms with van der Waals surface area (Å²) in [4.78, 5) is 4.27. The Morgan fingerprint density at radius 3 is 2.87 bits per heavy atom. The van der Waals surface area contributed by atoms with Crippen molar-refractivity contribution in [3.63, 3.8) is 0 Å². The Bertz CT molecular complexity index is 453. The topological polar surface area (TPSA) is 38.9 Å². The van der Waals surface area contributed by atoms with Crippen molar-refractivity contribution in [3.8, 4) is 11.5 Å². The maximum Gasteiger partial charge on any atom is 0.259 e. The van der Waals surface area contributed by atoms with Gasteiger partial charge in [0.1, 0.15) is 0 Å². The molecule has 0 radical (unpaired) electrons. The van der Waals surface area contributed by atoms with Crippen LogP contribution in [0.2, 0.25) is 5.02 Å². The first kappa shape index (κ1) is 10.2. The van der Waals surface area contributed by atoms with Gasteiger partial charge in [-0.05, 0) is 18.6 Å². The third-order valence-electron chi connectivity index (χ3n) is 2.05. The van der Waals surface area contributed by atoms with Gasteiger partial charge < -0.3 is 4.52 Å².